The van der Waals surface area contributed by atoms with Crippen LogP contribution < -0.4 is 0 Å². The molecule has 1 unspecified atom stereocenters. The topological polar surface area (TPSA) is 78.9 Å². The molecule has 0 saturated heterocycles. The lowest BCUT2D eigenvalue weighted by Crippen LogP contribution is -2.30. The van der Waals surface area contributed by atoms with Crippen molar-refractivity contribution in [2.24, 2.45) is 0 Å². The Hall–Kier alpha value is -2.11. The van der Waals surface area contributed by atoms with Gasteiger partial charge in [-0.1, -0.05) is 244 Å². The molecular formula is C55H102O6. The summed E-state index contributed by atoms with van der Waals surface area (Å²) in [6, 6.07) is 0. The molecule has 0 saturated carbocycles. The fourth-order valence-electron chi connectivity index (χ4n) is 7.89. The summed E-state index contributed by atoms with van der Waals surface area (Å²) >= 11 is 0. The number of esters is 3. The third kappa shape index (κ3) is 48.8. The van der Waals surface area contributed by atoms with E-state index in [0.717, 1.165) is 70.6 Å². The SMILES string of the molecule is CCCCC/C=C\C/C=C\CCCCCCCCCC(=O)OC(COC(=O)CCCCCCCC)COC(=O)CCCCCCCCCCCCCCCCCCCCCC. The smallest absolute Gasteiger partial charge is 0.306 e. The predicted octanol–water partition coefficient (Wildman–Crippen LogP) is 17.5. The highest BCUT2D eigenvalue weighted by molar-refractivity contribution is 5.71. The summed E-state index contributed by atoms with van der Waals surface area (Å²) in [6.07, 6.45) is 57.6. The summed E-state index contributed by atoms with van der Waals surface area (Å²) in [5.74, 6) is -0.874. The zero-order chi connectivity index (χ0) is 44.4. The van der Waals surface area contributed by atoms with E-state index in [1.165, 1.54) is 180 Å². The highest BCUT2D eigenvalue weighted by atomic mass is 16.6. The molecule has 6 heteroatoms. The maximum atomic E-state index is 12.8. The van der Waals surface area contributed by atoms with Gasteiger partial charge in [-0.2, -0.15) is 0 Å². The third-order valence-electron chi connectivity index (χ3n) is 12.0. The van der Waals surface area contributed by atoms with Gasteiger partial charge >= 0.3 is 17.9 Å². The Morgan fingerprint density at radius 1 is 0.328 bits per heavy atom. The van der Waals surface area contributed by atoms with Crippen molar-refractivity contribution in [3.05, 3.63) is 24.3 Å². The molecule has 0 aliphatic heterocycles. The van der Waals surface area contributed by atoms with Crippen LogP contribution in [-0.4, -0.2) is 37.2 Å². The first kappa shape index (κ1) is 58.9. The van der Waals surface area contributed by atoms with Gasteiger partial charge in [-0.15, -0.1) is 0 Å². The number of unbranched alkanes of at least 4 members (excludes halogenated alkanes) is 34. The summed E-state index contributed by atoms with van der Waals surface area (Å²) in [5, 5.41) is 0. The average Bonchev–Trinajstić information content (AvgIpc) is 3.26. The molecule has 0 aliphatic carbocycles. The van der Waals surface area contributed by atoms with Gasteiger partial charge in [-0.05, 0) is 51.4 Å². The van der Waals surface area contributed by atoms with E-state index < -0.39 is 6.10 Å². The molecule has 1 atom stereocenters. The summed E-state index contributed by atoms with van der Waals surface area (Å²) < 4.78 is 16.7. The fraction of sp³-hybridized carbons (Fsp3) is 0.873. The van der Waals surface area contributed by atoms with Crippen LogP contribution in [0.2, 0.25) is 0 Å². The van der Waals surface area contributed by atoms with Gasteiger partial charge in [0, 0.05) is 19.3 Å². The fourth-order valence-corrected chi connectivity index (χ4v) is 7.89. The van der Waals surface area contributed by atoms with E-state index in [-0.39, 0.29) is 31.1 Å². The minimum absolute atomic E-state index is 0.0704. The Kier molecular flexibility index (Phi) is 48.8. The van der Waals surface area contributed by atoms with Gasteiger partial charge < -0.3 is 14.2 Å². The Labute approximate surface area is 379 Å². The van der Waals surface area contributed by atoms with Crippen molar-refractivity contribution in [3.63, 3.8) is 0 Å². The Morgan fingerprint density at radius 3 is 0.934 bits per heavy atom. The highest BCUT2D eigenvalue weighted by Crippen LogP contribution is 2.16. The zero-order valence-corrected chi connectivity index (χ0v) is 40.9. The third-order valence-corrected chi connectivity index (χ3v) is 12.0. The number of carbonyl (C=O) groups excluding carboxylic acids is 3. The summed E-state index contributed by atoms with van der Waals surface area (Å²) in [5.41, 5.74) is 0. The first-order chi connectivity index (χ1) is 30.0. The van der Waals surface area contributed by atoms with Crippen LogP contribution in [0.5, 0.6) is 0 Å². The Balaban J connectivity index is 4.15. The van der Waals surface area contributed by atoms with Crippen LogP contribution in [0.25, 0.3) is 0 Å². The maximum absolute atomic E-state index is 12.8. The first-order valence-corrected chi connectivity index (χ1v) is 26.8. The van der Waals surface area contributed by atoms with E-state index >= 15 is 0 Å². The first-order valence-electron chi connectivity index (χ1n) is 26.8. The van der Waals surface area contributed by atoms with Crippen LogP contribution in [-0.2, 0) is 28.6 Å². The predicted molar refractivity (Wildman–Crippen MR) is 261 cm³/mol. The van der Waals surface area contributed by atoms with Crippen molar-refractivity contribution >= 4 is 17.9 Å². The lowest BCUT2D eigenvalue weighted by molar-refractivity contribution is -0.167. The number of hydrogen-bond acceptors (Lipinski definition) is 6. The van der Waals surface area contributed by atoms with Gasteiger partial charge in [0.15, 0.2) is 6.10 Å². The lowest BCUT2D eigenvalue weighted by Gasteiger charge is -2.18. The molecule has 0 aliphatic rings. The van der Waals surface area contributed by atoms with Crippen molar-refractivity contribution in [1.29, 1.82) is 0 Å². The second-order valence-electron chi connectivity index (χ2n) is 18.2. The molecule has 0 N–H and O–H groups in total. The van der Waals surface area contributed by atoms with E-state index in [1.54, 1.807) is 0 Å². The van der Waals surface area contributed by atoms with Crippen LogP contribution in [0.3, 0.4) is 0 Å². The van der Waals surface area contributed by atoms with E-state index in [4.69, 9.17) is 14.2 Å². The normalized spacial score (nSPS) is 12.1. The van der Waals surface area contributed by atoms with Crippen molar-refractivity contribution < 1.29 is 28.6 Å². The molecule has 0 aromatic rings. The van der Waals surface area contributed by atoms with Gasteiger partial charge in [0.2, 0.25) is 0 Å². The molecule has 0 aromatic carbocycles. The highest BCUT2D eigenvalue weighted by Gasteiger charge is 2.19. The maximum Gasteiger partial charge on any atom is 0.306 e. The molecular weight excluding hydrogens is 757 g/mol. The van der Waals surface area contributed by atoms with E-state index in [1.807, 2.05) is 0 Å². The summed E-state index contributed by atoms with van der Waals surface area (Å²) in [4.78, 5) is 37.8. The quantitative estimate of drug-likeness (QED) is 0.0262. The van der Waals surface area contributed by atoms with Crippen molar-refractivity contribution in [1.82, 2.24) is 0 Å². The lowest BCUT2D eigenvalue weighted by atomic mass is 10.0. The van der Waals surface area contributed by atoms with E-state index in [2.05, 4.69) is 45.1 Å². The van der Waals surface area contributed by atoms with Crippen molar-refractivity contribution in [2.45, 2.75) is 297 Å². The molecule has 0 heterocycles. The van der Waals surface area contributed by atoms with E-state index in [0.29, 0.717) is 19.3 Å². The summed E-state index contributed by atoms with van der Waals surface area (Å²) in [6.45, 7) is 6.58. The van der Waals surface area contributed by atoms with Gasteiger partial charge in [-0.25, -0.2) is 0 Å². The number of allylic oxidation sites excluding steroid dienone is 4. The molecule has 0 radical (unpaired) electrons. The van der Waals surface area contributed by atoms with Crippen molar-refractivity contribution in [2.75, 3.05) is 13.2 Å². The molecule has 358 valence electrons. The second kappa shape index (κ2) is 50.5. The number of rotatable bonds is 49. The van der Waals surface area contributed by atoms with Crippen molar-refractivity contribution in [3.8, 4) is 0 Å². The van der Waals surface area contributed by atoms with Crippen LogP contribution in [0.4, 0.5) is 0 Å². The number of hydrogen-bond donors (Lipinski definition) is 0. The molecule has 0 rings (SSSR count). The molecule has 0 bridgehead atoms. The Bertz CT molecular complexity index is 989. The van der Waals surface area contributed by atoms with Crippen LogP contribution in [0, 0.1) is 0 Å². The molecule has 61 heavy (non-hydrogen) atoms. The van der Waals surface area contributed by atoms with Crippen LogP contribution in [0.1, 0.15) is 290 Å². The van der Waals surface area contributed by atoms with Crippen LogP contribution in [0.15, 0.2) is 24.3 Å². The minimum Gasteiger partial charge on any atom is -0.462 e. The molecule has 0 fully saturated rings. The molecule has 0 spiro atoms. The van der Waals surface area contributed by atoms with Crippen LogP contribution >= 0.6 is 0 Å². The Morgan fingerprint density at radius 2 is 0.590 bits per heavy atom. The molecule has 0 amide bonds. The second-order valence-corrected chi connectivity index (χ2v) is 18.2. The largest absolute Gasteiger partial charge is 0.462 e. The zero-order valence-electron chi connectivity index (χ0n) is 40.9. The number of ether oxygens (including phenoxy) is 3. The van der Waals surface area contributed by atoms with Gasteiger partial charge in [0.25, 0.3) is 0 Å². The van der Waals surface area contributed by atoms with Gasteiger partial charge in [-0.3, -0.25) is 14.4 Å². The molecule has 6 nitrogen and oxygen atoms in total. The monoisotopic (exact) mass is 859 g/mol. The van der Waals surface area contributed by atoms with Gasteiger partial charge in [0.05, 0.1) is 0 Å². The summed E-state index contributed by atoms with van der Waals surface area (Å²) in [7, 11) is 0. The van der Waals surface area contributed by atoms with E-state index in [9.17, 15) is 14.4 Å². The minimum atomic E-state index is -0.768. The molecule has 0 aromatic heterocycles. The number of carbonyl (C=O) groups is 3. The average molecular weight is 859 g/mol. The van der Waals surface area contributed by atoms with Gasteiger partial charge in [0.1, 0.15) is 13.2 Å². The standard InChI is InChI=1S/C55H102O6/c1-4-7-10-13-16-18-20-22-24-26-27-28-30-31-33-35-37-39-42-45-48-54(57)60-51-52(50-59-53(56)47-44-41-15-12-9-6-3)61-55(58)49-46-43-40-38-36-34-32-29-25-23-21-19-17-14-11-8-5-2/h17,19,23,25,52H,4-16,18,20-22,24,26-51H2,1-3H3/b19-17-,25-23-.